The van der Waals surface area contributed by atoms with E-state index in [1.54, 1.807) is 18.0 Å². The van der Waals surface area contributed by atoms with Crippen LogP contribution in [-0.4, -0.2) is 16.9 Å². The van der Waals surface area contributed by atoms with Crippen LogP contribution in [0.1, 0.15) is 0 Å². The van der Waals surface area contributed by atoms with Crippen LogP contribution in [0.3, 0.4) is 0 Å². The van der Waals surface area contributed by atoms with Crippen molar-refractivity contribution in [2.24, 2.45) is 0 Å². The van der Waals surface area contributed by atoms with Gasteiger partial charge in [0.05, 0.1) is 19.5 Å². The second-order valence-electron chi connectivity index (χ2n) is 4.21. The van der Waals surface area contributed by atoms with Crippen molar-refractivity contribution in [1.82, 2.24) is 9.78 Å². The molecule has 0 aliphatic carbocycles. The summed E-state index contributed by atoms with van der Waals surface area (Å²) in [5.74, 6) is 2.23. The molecule has 1 aromatic heterocycles. The number of benzene rings is 2. The molecule has 100 valence electrons. The fourth-order valence-electron chi connectivity index (χ4n) is 1.93. The monoisotopic (exact) mass is 266 g/mol. The maximum Gasteiger partial charge on any atom is 0.165 e. The van der Waals surface area contributed by atoms with Crippen molar-refractivity contribution < 1.29 is 9.47 Å². The van der Waals surface area contributed by atoms with Gasteiger partial charge in [0, 0.05) is 0 Å². The molecule has 0 aliphatic rings. The first-order valence-electron chi connectivity index (χ1n) is 6.28. The second-order valence-corrected chi connectivity index (χ2v) is 4.21. The molecule has 0 saturated carbocycles. The Morgan fingerprint density at radius 3 is 2.45 bits per heavy atom. The van der Waals surface area contributed by atoms with Gasteiger partial charge in [-0.25, -0.2) is 4.68 Å². The SMILES string of the molecule is COc1ccccc1-n1cc(Oc2ccccc2)cn1. The molecule has 0 aliphatic heterocycles. The quantitative estimate of drug-likeness (QED) is 0.722. The molecular formula is C16H14N2O2. The molecule has 0 fully saturated rings. The summed E-state index contributed by atoms with van der Waals surface area (Å²) in [4.78, 5) is 0. The van der Waals surface area contributed by atoms with Gasteiger partial charge in [0.25, 0.3) is 0 Å². The highest BCUT2D eigenvalue weighted by molar-refractivity contribution is 5.46. The largest absolute Gasteiger partial charge is 0.494 e. The Morgan fingerprint density at radius 1 is 0.900 bits per heavy atom. The fourth-order valence-corrected chi connectivity index (χ4v) is 1.93. The molecule has 0 unspecified atom stereocenters. The van der Waals surface area contributed by atoms with Crippen LogP contribution in [0.15, 0.2) is 67.0 Å². The van der Waals surface area contributed by atoms with E-state index in [1.807, 2.05) is 60.8 Å². The molecule has 4 heteroatoms. The van der Waals surface area contributed by atoms with Crippen molar-refractivity contribution in [3.05, 3.63) is 67.0 Å². The predicted molar refractivity (Wildman–Crippen MR) is 76.6 cm³/mol. The number of para-hydroxylation sites is 3. The Kier molecular flexibility index (Phi) is 3.37. The molecule has 1 heterocycles. The summed E-state index contributed by atoms with van der Waals surface area (Å²) >= 11 is 0. The maximum atomic E-state index is 5.73. The standard InChI is InChI=1S/C16H14N2O2/c1-19-16-10-6-5-9-15(16)18-12-14(11-17-18)20-13-7-3-2-4-8-13/h2-12H,1H3. The molecule has 20 heavy (non-hydrogen) atoms. The van der Waals surface area contributed by atoms with Gasteiger partial charge in [0.1, 0.15) is 17.2 Å². The molecule has 3 rings (SSSR count). The average Bonchev–Trinajstić information content (AvgIpc) is 2.96. The van der Waals surface area contributed by atoms with E-state index < -0.39 is 0 Å². The van der Waals surface area contributed by atoms with E-state index >= 15 is 0 Å². The molecule has 4 nitrogen and oxygen atoms in total. The van der Waals surface area contributed by atoms with E-state index in [0.29, 0.717) is 5.75 Å². The van der Waals surface area contributed by atoms with Crippen molar-refractivity contribution in [2.45, 2.75) is 0 Å². The number of nitrogens with zero attached hydrogens (tertiary/aromatic N) is 2. The van der Waals surface area contributed by atoms with Crippen LogP contribution >= 0.6 is 0 Å². The fraction of sp³-hybridized carbons (Fsp3) is 0.0625. The summed E-state index contributed by atoms with van der Waals surface area (Å²) in [6.07, 6.45) is 3.50. The summed E-state index contributed by atoms with van der Waals surface area (Å²) in [6.45, 7) is 0. The lowest BCUT2D eigenvalue weighted by atomic mass is 10.3. The van der Waals surface area contributed by atoms with Gasteiger partial charge < -0.3 is 9.47 Å². The van der Waals surface area contributed by atoms with Gasteiger partial charge in [0.15, 0.2) is 5.75 Å². The molecule has 0 atom stereocenters. The van der Waals surface area contributed by atoms with E-state index in [2.05, 4.69) is 5.10 Å². The van der Waals surface area contributed by atoms with Crippen LogP contribution in [-0.2, 0) is 0 Å². The number of methoxy groups -OCH3 is 1. The number of ether oxygens (including phenoxy) is 2. The van der Waals surface area contributed by atoms with Gasteiger partial charge >= 0.3 is 0 Å². The molecule has 0 spiro atoms. The molecule has 0 saturated heterocycles. The summed E-state index contributed by atoms with van der Waals surface area (Å²) in [7, 11) is 1.64. The van der Waals surface area contributed by atoms with Crippen molar-refractivity contribution in [1.29, 1.82) is 0 Å². The lowest BCUT2D eigenvalue weighted by molar-refractivity contribution is 0.411. The topological polar surface area (TPSA) is 36.3 Å². The summed E-state index contributed by atoms with van der Waals surface area (Å²) < 4.78 is 12.8. The van der Waals surface area contributed by atoms with Crippen molar-refractivity contribution in [2.75, 3.05) is 7.11 Å². The third kappa shape index (κ3) is 2.49. The minimum atomic E-state index is 0.683. The van der Waals surface area contributed by atoms with Crippen LogP contribution in [0.2, 0.25) is 0 Å². The Labute approximate surface area is 117 Å². The van der Waals surface area contributed by atoms with E-state index in [4.69, 9.17) is 9.47 Å². The molecular weight excluding hydrogens is 252 g/mol. The number of rotatable bonds is 4. The van der Waals surface area contributed by atoms with Crippen LogP contribution in [0.4, 0.5) is 0 Å². The smallest absolute Gasteiger partial charge is 0.165 e. The Balaban J connectivity index is 1.87. The first-order chi connectivity index (χ1) is 9.86. The Hall–Kier alpha value is -2.75. The zero-order valence-electron chi connectivity index (χ0n) is 11.1. The van der Waals surface area contributed by atoms with E-state index in [0.717, 1.165) is 17.2 Å². The average molecular weight is 266 g/mol. The van der Waals surface area contributed by atoms with Crippen LogP contribution in [0.25, 0.3) is 5.69 Å². The first-order valence-corrected chi connectivity index (χ1v) is 6.28. The lowest BCUT2D eigenvalue weighted by Gasteiger charge is -2.07. The maximum absolute atomic E-state index is 5.73. The van der Waals surface area contributed by atoms with Crippen molar-refractivity contribution >= 4 is 0 Å². The van der Waals surface area contributed by atoms with Gasteiger partial charge in [-0.05, 0) is 24.3 Å². The third-order valence-electron chi connectivity index (χ3n) is 2.87. The Morgan fingerprint density at radius 2 is 1.65 bits per heavy atom. The normalized spacial score (nSPS) is 10.2. The molecule has 2 aromatic carbocycles. The van der Waals surface area contributed by atoms with E-state index in [9.17, 15) is 0 Å². The van der Waals surface area contributed by atoms with Gasteiger partial charge in [-0.3, -0.25) is 0 Å². The Bertz CT molecular complexity index is 692. The number of hydrogen-bond donors (Lipinski definition) is 0. The lowest BCUT2D eigenvalue weighted by Crippen LogP contribution is -1.97. The highest BCUT2D eigenvalue weighted by Gasteiger charge is 2.07. The van der Waals surface area contributed by atoms with Gasteiger partial charge in [0.2, 0.25) is 0 Å². The highest BCUT2D eigenvalue weighted by Crippen LogP contribution is 2.25. The van der Waals surface area contributed by atoms with Crippen molar-refractivity contribution in [3.8, 4) is 22.9 Å². The van der Waals surface area contributed by atoms with Crippen LogP contribution < -0.4 is 9.47 Å². The third-order valence-corrected chi connectivity index (χ3v) is 2.87. The second kappa shape index (κ2) is 5.48. The van der Waals surface area contributed by atoms with Crippen LogP contribution in [0, 0.1) is 0 Å². The molecule has 0 bridgehead atoms. The van der Waals surface area contributed by atoms with Crippen molar-refractivity contribution in [3.63, 3.8) is 0 Å². The van der Waals surface area contributed by atoms with E-state index in [-0.39, 0.29) is 0 Å². The van der Waals surface area contributed by atoms with Gasteiger partial charge in [-0.1, -0.05) is 30.3 Å². The number of aromatic nitrogens is 2. The van der Waals surface area contributed by atoms with Crippen LogP contribution in [0.5, 0.6) is 17.2 Å². The molecule has 0 N–H and O–H groups in total. The predicted octanol–water partition coefficient (Wildman–Crippen LogP) is 3.67. The van der Waals surface area contributed by atoms with E-state index in [1.165, 1.54) is 0 Å². The minimum absolute atomic E-state index is 0.683. The zero-order valence-corrected chi connectivity index (χ0v) is 11.1. The highest BCUT2D eigenvalue weighted by atomic mass is 16.5. The summed E-state index contributed by atoms with van der Waals surface area (Å²) in [5, 5.41) is 4.30. The van der Waals surface area contributed by atoms with Gasteiger partial charge in [-0.15, -0.1) is 0 Å². The molecule has 3 aromatic rings. The molecule has 0 radical (unpaired) electrons. The number of hydrogen-bond acceptors (Lipinski definition) is 3. The minimum Gasteiger partial charge on any atom is -0.494 e. The summed E-state index contributed by atoms with van der Waals surface area (Å²) in [6, 6.07) is 17.3. The first kappa shape index (κ1) is 12.3. The zero-order chi connectivity index (χ0) is 13.8. The molecule has 0 amide bonds. The van der Waals surface area contributed by atoms with Gasteiger partial charge in [-0.2, -0.15) is 5.10 Å². The summed E-state index contributed by atoms with van der Waals surface area (Å²) in [5.41, 5.74) is 0.873.